The first-order chi connectivity index (χ1) is 9.34. The quantitative estimate of drug-likeness (QED) is 0.925. The van der Waals surface area contributed by atoms with Crippen molar-refractivity contribution in [3.8, 4) is 0 Å². The lowest BCUT2D eigenvalue weighted by Gasteiger charge is -2.34. The van der Waals surface area contributed by atoms with Crippen molar-refractivity contribution >= 4 is 11.7 Å². The molecule has 7 heteroatoms. The number of nitrogens with two attached hydrogens (primary N) is 1. The lowest BCUT2D eigenvalue weighted by molar-refractivity contribution is -0.148. The summed E-state index contributed by atoms with van der Waals surface area (Å²) in [6.07, 6.45) is -1.77. The number of anilines is 1. The molecule has 1 amide bonds. The van der Waals surface area contributed by atoms with Crippen LogP contribution in [0.25, 0.3) is 0 Å². The fourth-order valence-electron chi connectivity index (χ4n) is 2.25. The molecule has 0 spiro atoms. The van der Waals surface area contributed by atoms with Gasteiger partial charge in [-0.25, -0.2) is 4.98 Å². The summed E-state index contributed by atoms with van der Waals surface area (Å²) >= 11 is 0. The number of hydrogen-bond donors (Lipinski definition) is 1. The monoisotopic (exact) mass is 285 g/mol. The second kappa shape index (κ2) is 5.15. The fourth-order valence-corrected chi connectivity index (χ4v) is 2.25. The van der Waals surface area contributed by atoms with Crippen LogP contribution < -0.4 is 10.6 Å². The van der Waals surface area contributed by atoms with Crippen LogP contribution in [0.2, 0.25) is 0 Å². The fraction of sp³-hybridized carbons (Fsp3) is 0.385. The third-order valence-corrected chi connectivity index (χ3v) is 3.20. The van der Waals surface area contributed by atoms with E-state index in [9.17, 15) is 18.0 Å². The molecule has 4 nitrogen and oxygen atoms in total. The highest BCUT2D eigenvalue weighted by Gasteiger charge is 2.44. The van der Waals surface area contributed by atoms with Crippen LogP contribution in [-0.4, -0.2) is 23.1 Å². The van der Waals surface area contributed by atoms with Gasteiger partial charge in [-0.15, -0.1) is 0 Å². The number of carbonyl (C=O) groups is 1. The summed E-state index contributed by atoms with van der Waals surface area (Å²) in [4.78, 5) is 16.3. The van der Waals surface area contributed by atoms with Gasteiger partial charge in [0.2, 0.25) is 5.91 Å². The zero-order chi connectivity index (χ0) is 14.9. The van der Waals surface area contributed by atoms with Gasteiger partial charge in [0.1, 0.15) is 11.9 Å². The maximum Gasteiger partial charge on any atom is 0.409 e. The average molecular weight is 285 g/mol. The normalized spacial score (nSPS) is 16.4. The molecule has 0 saturated heterocycles. The van der Waals surface area contributed by atoms with Crippen molar-refractivity contribution in [1.82, 2.24) is 4.98 Å². The molecule has 0 aliphatic carbocycles. The van der Waals surface area contributed by atoms with Crippen LogP contribution in [0.3, 0.4) is 0 Å². The van der Waals surface area contributed by atoms with Crippen molar-refractivity contribution in [1.29, 1.82) is 0 Å². The van der Waals surface area contributed by atoms with E-state index in [-0.39, 0.29) is 24.2 Å². The van der Waals surface area contributed by atoms with Crippen LogP contribution >= 0.6 is 0 Å². The van der Waals surface area contributed by atoms with Gasteiger partial charge in [-0.1, -0.05) is 13.0 Å². The Kier molecular flexibility index (Phi) is 3.69. The van der Waals surface area contributed by atoms with Gasteiger partial charge in [-0.2, -0.15) is 13.2 Å². The molecule has 0 unspecified atom stereocenters. The van der Waals surface area contributed by atoms with E-state index in [0.29, 0.717) is 5.56 Å². The van der Waals surface area contributed by atoms with Crippen LogP contribution in [0.5, 0.6) is 0 Å². The second-order valence-corrected chi connectivity index (χ2v) is 4.55. The Morgan fingerprint density at radius 2 is 2.25 bits per heavy atom. The second-order valence-electron chi connectivity index (χ2n) is 4.55. The number of aromatic nitrogens is 1. The lowest BCUT2D eigenvalue weighted by Crippen LogP contribution is -2.45. The van der Waals surface area contributed by atoms with Gasteiger partial charge in [-0.3, -0.25) is 4.79 Å². The minimum Gasteiger partial charge on any atom is -0.366 e. The summed E-state index contributed by atoms with van der Waals surface area (Å²) in [5.74, 6) is -0.497. The molecular weight excluding hydrogens is 271 g/mol. The number of fused-ring (bicyclic) bond motifs is 1. The summed E-state index contributed by atoms with van der Waals surface area (Å²) in [7, 11) is 0. The highest BCUT2D eigenvalue weighted by Crippen LogP contribution is 2.35. The standard InChI is InChI=1S/C13H14F3N3O/c1-2-10(13(14,15)16)19-7-9(11(17)20)6-8-4-3-5-18-12(8)19/h3-5,7,10H,2,6H2,1H3,(H2,17,20)/t10-/m1/s1. The molecule has 0 bridgehead atoms. The molecule has 0 radical (unpaired) electrons. The topological polar surface area (TPSA) is 59.2 Å². The smallest absolute Gasteiger partial charge is 0.366 e. The number of alkyl halides is 3. The van der Waals surface area contributed by atoms with Crippen molar-refractivity contribution in [3.63, 3.8) is 0 Å². The van der Waals surface area contributed by atoms with E-state index in [2.05, 4.69) is 4.98 Å². The Balaban J connectivity index is 2.51. The first-order valence-electron chi connectivity index (χ1n) is 6.14. The molecule has 1 aliphatic heterocycles. The van der Waals surface area contributed by atoms with E-state index in [0.717, 1.165) is 4.90 Å². The van der Waals surface area contributed by atoms with E-state index in [1.165, 1.54) is 19.3 Å². The number of rotatable bonds is 3. The summed E-state index contributed by atoms with van der Waals surface area (Å²) in [5, 5.41) is 0. The highest BCUT2D eigenvalue weighted by molar-refractivity contribution is 5.93. The Morgan fingerprint density at radius 3 is 2.80 bits per heavy atom. The van der Waals surface area contributed by atoms with E-state index in [4.69, 9.17) is 5.73 Å². The molecule has 1 aromatic heterocycles. The summed E-state index contributed by atoms with van der Waals surface area (Å²) in [6.45, 7) is 1.44. The Hall–Kier alpha value is -2.05. The molecule has 1 aliphatic rings. The van der Waals surface area contributed by atoms with E-state index >= 15 is 0 Å². The number of nitrogens with zero attached hydrogens (tertiary/aromatic N) is 2. The van der Waals surface area contributed by atoms with Crippen LogP contribution in [0.15, 0.2) is 30.1 Å². The van der Waals surface area contributed by atoms with Crippen LogP contribution in [0.4, 0.5) is 19.0 Å². The molecule has 2 rings (SSSR count). The predicted octanol–water partition coefficient (Wildman–Crippen LogP) is 2.15. The molecule has 0 saturated carbocycles. The van der Waals surface area contributed by atoms with Crippen molar-refractivity contribution in [3.05, 3.63) is 35.7 Å². The zero-order valence-corrected chi connectivity index (χ0v) is 10.8. The predicted molar refractivity (Wildman–Crippen MR) is 67.8 cm³/mol. The van der Waals surface area contributed by atoms with Gasteiger partial charge in [0.25, 0.3) is 0 Å². The van der Waals surface area contributed by atoms with E-state index < -0.39 is 18.1 Å². The minimum atomic E-state index is -4.42. The molecular formula is C13H14F3N3O. The number of hydrogen-bond acceptors (Lipinski definition) is 3. The minimum absolute atomic E-state index is 0.146. The Labute approximate surface area is 114 Å². The number of primary amides is 1. The molecule has 108 valence electrons. The average Bonchev–Trinajstić information content (AvgIpc) is 2.37. The summed E-state index contributed by atoms with van der Waals surface area (Å²) < 4.78 is 39.3. The Bertz CT molecular complexity index is 554. The van der Waals surface area contributed by atoms with Crippen molar-refractivity contribution in [2.45, 2.75) is 32.0 Å². The van der Waals surface area contributed by atoms with Gasteiger partial charge < -0.3 is 10.6 Å². The SMILES string of the molecule is CC[C@@H](N1C=C(C(N)=O)Cc2cccnc21)C(F)(F)F. The third kappa shape index (κ3) is 2.61. The maximum absolute atomic E-state index is 13.1. The number of carbonyl (C=O) groups excluding carboxylic acids is 1. The van der Waals surface area contributed by atoms with Crippen LogP contribution in [0.1, 0.15) is 18.9 Å². The third-order valence-electron chi connectivity index (χ3n) is 3.20. The number of halogens is 3. The Morgan fingerprint density at radius 1 is 1.55 bits per heavy atom. The number of pyridine rings is 1. The molecule has 20 heavy (non-hydrogen) atoms. The number of amides is 1. The van der Waals surface area contributed by atoms with Gasteiger partial charge in [0, 0.05) is 24.4 Å². The van der Waals surface area contributed by atoms with Gasteiger partial charge in [0.05, 0.1) is 0 Å². The van der Waals surface area contributed by atoms with Crippen molar-refractivity contribution in [2.75, 3.05) is 4.90 Å². The van der Waals surface area contributed by atoms with Crippen LogP contribution in [-0.2, 0) is 11.2 Å². The summed E-state index contributed by atoms with van der Waals surface area (Å²) in [5.41, 5.74) is 5.91. The van der Waals surface area contributed by atoms with Gasteiger partial charge in [0.15, 0.2) is 0 Å². The van der Waals surface area contributed by atoms with E-state index in [1.807, 2.05) is 0 Å². The highest BCUT2D eigenvalue weighted by atomic mass is 19.4. The first-order valence-corrected chi connectivity index (χ1v) is 6.14. The lowest BCUT2D eigenvalue weighted by atomic mass is 10.00. The summed E-state index contributed by atoms with van der Waals surface area (Å²) in [6, 6.07) is 1.54. The maximum atomic E-state index is 13.1. The molecule has 2 heterocycles. The largest absolute Gasteiger partial charge is 0.409 e. The van der Waals surface area contributed by atoms with Crippen molar-refractivity contribution < 1.29 is 18.0 Å². The first kappa shape index (κ1) is 14.4. The molecule has 1 atom stereocenters. The molecule has 0 fully saturated rings. The molecule has 2 N–H and O–H groups in total. The molecule has 1 aromatic rings. The van der Waals surface area contributed by atoms with Gasteiger partial charge >= 0.3 is 6.18 Å². The van der Waals surface area contributed by atoms with Crippen molar-refractivity contribution in [2.24, 2.45) is 5.73 Å². The van der Waals surface area contributed by atoms with Crippen LogP contribution in [0, 0.1) is 0 Å². The van der Waals surface area contributed by atoms with Gasteiger partial charge in [-0.05, 0) is 18.1 Å². The molecule has 0 aromatic carbocycles. The zero-order valence-electron chi connectivity index (χ0n) is 10.8. The van der Waals surface area contributed by atoms with E-state index in [1.54, 1.807) is 12.1 Å².